The monoisotopic (exact) mass is 410 g/mol. The van der Waals surface area contributed by atoms with Crippen LogP contribution in [0.25, 0.3) is 0 Å². The lowest BCUT2D eigenvalue weighted by Gasteiger charge is -2.57. The predicted molar refractivity (Wildman–Crippen MR) is 97.4 cm³/mol. The van der Waals surface area contributed by atoms with E-state index in [0.29, 0.717) is 6.61 Å². The molecule has 154 valence electrons. The molecule has 27 heavy (non-hydrogen) atoms. The van der Waals surface area contributed by atoms with E-state index >= 15 is 0 Å². The highest BCUT2D eigenvalue weighted by Crippen LogP contribution is 2.50. The third kappa shape index (κ3) is 3.94. The molecule has 1 saturated carbocycles. The van der Waals surface area contributed by atoms with Crippen LogP contribution in [-0.4, -0.2) is 42.0 Å². The van der Waals surface area contributed by atoms with Crippen LogP contribution in [0.15, 0.2) is 30.3 Å². The van der Waals surface area contributed by atoms with E-state index in [9.17, 15) is 23.1 Å². The van der Waals surface area contributed by atoms with Gasteiger partial charge < -0.3 is 20.9 Å². The van der Waals surface area contributed by atoms with Crippen LogP contribution >= 0.6 is 12.4 Å². The van der Waals surface area contributed by atoms with Gasteiger partial charge in [0.1, 0.15) is 5.54 Å². The second kappa shape index (κ2) is 7.95. The Morgan fingerprint density at radius 2 is 1.89 bits per heavy atom. The number of hydrogen-bond donors (Lipinski definition) is 3. The summed E-state index contributed by atoms with van der Waals surface area (Å²) in [6.45, 7) is 4.73. The Bertz CT molecular complexity index is 657. The third-order valence-electron chi connectivity index (χ3n) is 5.46. The van der Waals surface area contributed by atoms with Crippen LogP contribution in [-0.2, 0) is 15.1 Å². The van der Waals surface area contributed by atoms with E-state index in [2.05, 4.69) is 5.32 Å². The number of carbonyl (C=O) groups excluding carboxylic acids is 1. The van der Waals surface area contributed by atoms with E-state index < -0.39 is 35.2 Å². The van der Waals surface area contributed by atoms with Crippen molar-refractivity contribution in [3.8, 4) is 0 Å². The molecule has 1 aromatic rings. The fraction of sp³-hybridized carbons (Fsp3) is 0.611. The molecule has 1 aliphatic rings. The van der Waals surface area contributed by atoms with E-state index in [4.69, 9.17) is 10.5 Å². The number of ether oxygens (including phenoxy) is 1. The third-order valence-corrected chi connectivity index (χ3v) is 5.46. The minimum Gasteiger partial charge on any atom is -0.378 e. The molecule has 4 N–H and O–H groups in total. The largest absolute Gasteiger partial charge is 0.423 e. The van der Waals surface area contributed by atoms with Gasteiger partial charge in [-0.15, -0.1) is 12.4 Å². The fourth-order valence-electron chi connectivity index (χ4n) is 3.27. The number of alkyl halides is 3. The van der Waals surface area contributed by atoms with Crippen molar-refractivity contribution in [1.29, 1.82) is 0 Å². The number of hydrogen-bond acceptors (Lipinski definition) is 4. The summed E-state index contributed by atoms with van der Waals surface area (Å²) in [7, 11) is 0. The topological polar surface area (TPSA) is 84.6 Å². The number of amides is 1. The van der Waals surface area contributed by atoms with Crippen LogP contribution in [0.2, 0.25) is 0 Å². The SMILES string of the molecule is CCOC1CC(N)(C(=O)NCC(O)(c2ccccc2)C(F)(F)F)C1(C)C.Cl. The second-order valence-corrected chi connectivity index (χ2v) is 7.25. The Morgan fingerprint density at radius 1 is 1.33 bits per heavy atom. The van der Waals surface area contributed by atoms with Gasteiger partial charge in [-0.3, -0.25) is 4.79 Å². The average molecular weight is 411 g/mol. The van der Waals surface area contributed by atoms with Crippen molar-refractivity contribution in [3.63, 3.8) is 0 Å². The number of aliphatic hydroxyl groups is 1. The number of halogens is 4. The first-order valence-corrected chi connectivity index (χ1v) is 8.43. The first kappa shape index (κ1) is 23.7. The number of carbonyl (C=O) groups is 1. The molecule has 3 unspecified atom stereocenters. The molecule has 0 aromatic heterocycles. The molecule has 3 atom stereocenters. The van der Waals surface area contributed by atoms with Crippen molar-refractivity contribution in [3.05, 3.63) is 35.9 Å². The zero-order valence-corrected chi connectivity index (χ0v) is 16.3. The molecule has 5 nitrogen and oxygen atoms in total. The summed E-state index contributed by atoms with van der Waals surface area (Å²) in [5.41, 5.74) is 0.513. The van der Waals surface area contributed by atoms with Crippen LogP contribution in [0, 0.1) is 5.41 Å². The van der Waals surface area contributed by atoms with Crippen LogP contribution in [0.1, 0.15) is 32.8 Å². The first-order valence-electron chi connectivity index (χ1n) is 8.43. The van der Waals surface area contributed by atoms with Crippen molar-refractivity contribution < 1.29 is 27.8 Å². The normalized spacial score (nSPS) is 26.3. The molecule has 1 fully saturated rings. The van der Waals surface area contributed by atoms with Gasteiger partial charge in [-0.2, -0.15) is 13.2 Å². The highest BCUT2D eigenvalue weighted by molar-refractivity contribution is 5.88. The zero-order valence-electron chi connectivity index (χ0n) is 15.5. The van der Waals surface area contributed by atoms with Gasteiger partial charge in [-0.1, -0.05) is 44.2 Å². The number of nitrogens with two attached hydrogens (primary N) is 1. The van der Waals surface area contributed by atoms with Crippen LogP contribution in [0.4, 0.5) is 13.2 Å². The Hall–Kier alpha value is -1.35. The smallest absolute Gasteiger partial charge is 0.378 e. The van der Waals surface area contributed by atoms with Crippen LogP contribution < -0.4 is 11.1 Å². The average Bonchev–Trinajstić information content (AvgIpc) is 2.58. The Balaban J connectivity index is 0.00000364. The van der Waals surface area contributed by atoms with Crippen LogP contribution in [0.3, 0.4) is 0 Å². The molecule has 0 spiro atoms. The zero-order chi connectivity index (χ0) is 19.8. The molecule has 0 radical (unpaired) electrons. The molecule has 0 aliphatic heterocycles. The first-order chi connectivity index (χ1) is 11.9. The molecular weight excluding hydrogens is 385 g/mol. The summed E-state index contributed by atoms with van der Waals surface area (Å²) < 4.78 is 46.0. The van der Waals surface area contributed by atoms with Crippen molar-refractivity contribution in [2.45, 2.75) is 50.6 Å². The minimum absolute atomic E-state index is 0. The van der Waals surface area contributed by atoms with Gasteiger partial charge in [0.25, 0.3) is 0 Å². The van der Waals surface area contributed by atoms with E-state index in [1.165, 1.54) is 12.1 Å². The lowest BCUT2D eigenvalue weighted by molar-refractivity contribution is -0.264. The molecule has 0 bridgehead atoms. The Kier molecular flexibility index (Phi) is 6.97. The van der Waals surface area contributed by atoms with Gasteiger partial charge in [0.15, 0.2) is 0 Å². The van der Waals surface area contributed by atoms with Gasteiger partial charge in [-0.25, -0.2) is 0 Å². The van der Waals surface area contributed by atoms with E-state index in [-0.39, 0.29) is 30.5 Å². The van der Waals surface area contributed by atoms with Gasteiger partial charge in [0.2, 0.25) is 11.5 Å². The summed E-state index contributed by atoms with van der Waals surface area (Å²) in [5.74, 6) is -0.739. The van der Waals surface area contributed by atoms with Crippen LogP contribution in [0.5, 0.6) is 0 Å². The maximum atomic E-state index is 13.5. The molecular formula is C18H26ClF3N2O3. The maximum absolute atomic E-state index is 13.5. The highest BCUT2D eigenvalue weighted by atomic mass is 35.5. The molecule has 1 amide bonds. The fourth-order valence-corrected chi connectivity index (χ4v) is 3.27. The molecule has 0 heterocycles. The summed E-state index contributed by atoms with van der Waals surface area (Å²) in [6, 6.07) is 6.64. The molecule has 9 heteroatoms. The summed E-state index contributed by atoms with van der Waals surface area (Å²) in [5, 5.41) is 12.5. The lowest BCUT2D eigenvalue weighted by atomic mass is 9.54. The number of benzene rings is 1. The molecule has 1 aromatic carbocycles. The standard InChI is InChI=1S/C18H25F3N2O3.ClH/c1-4-26-13-10-16(22,15(13,2)3)14(24)23-11-17(25,18(19,20)21)12-8-6-5-7-9-12;/h5-9,13,25H,4,10-11,22H2,1-3H3,(H,23,24);1H. The predicted octanol–water partition coefficient (Wildman–Crippen LogP) is 2.51. The molecule has 1 aliphatic carbocycles. The van der Waals surface area contributed by atoms with Gasteiger partial charge in [0, 0.05) is 18.4 Å². The van der Waals surface area contributed by atoms with E-state index in [1.54, 1.807) is 19.9 Å². The van der Waals surface area contributed by atoms with Gasteiger partial charge in [-0.05, 0) is 12.5 Å². The summed E-state index contributed by atoms with van der Waals surface area (Å²) in [6.07, 6.45) is -5.01. The quantitative estimate of drug-likeness (QED) is 0.672. The molecule has 0 saturated heterocycles. The summed E-state index contributed by atoms with van der Waals surface area (Å²) >= 11 is 0. The van der Waals surface area contributed by atoms with Crippen molar-refractivity contribution >= 4 is 18.3 Å². The highest BCUT2D eigenvalue weighted by Gasteiger charge is 2.63. The second-order valence-electron chi connectivity index (χ2n) is 7.25. The Morgan fingerprint density at radius 3 is 2.33 bits per heavy atom. The number of rotatable bonds is 6. The number of nitrogens with one attached hydrogen (secondary N) is 1. The van der Waals surface area contributed by atoms with Crippen molar-refractivity contribution in [1.82, 2.24) is 5.32 Å². The van der Waals surface area contributed by atoms with Gasteiger partial charge in [0.05, 0.1) is 12.6 Å². The Labute approximate surface area is 162 Å². The van der Waals surface area contributed by atoms with Crippen molar-refractivity contribution in [2.24, 2.45) is 11.1 Å². The van der Waals surface area contributed by atoms with E-state index in [1.807, 2.05) is 6.92 Å². The summed E-state index contributed by atoms with van der Waals surface area (Å²) in [4.78, 5) is 12.5. The molecule has 2 rings (SSSR count). The van der Waals surface area contributed by atoms with Crippen molar-refractivity contribution in [2.75, 3.05) is 13.2 Å². The maximum Gasteiger partial charge on any atom is 0.423 e. The van der Waals surface area contributed by atoms with Gasteiger partial charge >= 0.3 is 6.18 Å². The minimum atomic E-state index is -4.97. The van der Waals surface area contributed by atoms with E-state index in [0.717, 1.165) is 12.1 Å². The lowest BCUT2D eigenvalue weighted by Crippen LogP contribution is -2.76.